The van der Waals surface area contributed by atoms with Gasteiger partial charge in [0.1, 0.15) is 12.4 Å². The molecule has 0 spiro atoms. The molecule has 1 amide bonds. The zero-order valence-electron chi connectivity index (χ0n) is 21.2. The van der Waals surface area contributed by atoms with Gasteiger partial charge in [-0.1, -0.05) is 24.3 Å². The van der Waals surface area contributed by atoms with Crippen molar-refractivity contribution in [1.29, 1.82) is 0 Å². The molecule has 0 bridgehead atoms. The van der Waals surface area contributed by atoms with Gasteiger partial charge in [-0.15, -0.1) is 0 Å². The van der Waals surface area contributed by atoms with Gasteiger partial charge in [-0.25, -0.2) is 4.98 Å². The number of nitrogens with one attached hydrogen (secondary N) is 2. The molecule has 0 unspecified atom stereocenters. The Morgan fingerprint density at radius 3 is 2.34 bits per heavy atom. The maximum absolute atomic E-state index is 12.9. The number of amides is 1. The fourth-order valence-electron chi connectivity index (χ4n) is 5.05. The quantitative estimate of drug-likeness (QED) is 0.482. The summed E-state index contributed by atoms with van der Waals surface area (Å²) in [6.07, 6.45) is 3.59. The van der Waals surface area contributed by atoms with E-state index in [9.17, 15) is 4.79 Å². The Balaban J connectivity index is 1.34. The van der Waals surface area contributed by atoms with Gasteiger partial charge in [-0.3, -0.25) is 4.79 Å². The van der Waals surface area contributed by atoms with Crippen LogP contribution in [0.2, 0.25) is 0 Å². The summed E-state index contributed by atoms with van der Waals surface area (Å²) in [7, 11) is 1.60. The third kappa shape index (κ3) is 6.61. The summed E-state index contributed by atoms with van der Waals surface area (Å²) in [4.78, 5) is 17.1. The van der Waals surface area contributed by atoms with Crippen molar-refractivity contribution in [2.45, 2.75) is 64.3 Å². The van der Waals surface area contributed by atoms with Crippen LogP contribution in [0.5, 0.6) is 11.6 Å². The minimum absolute atomic E-state index is 0.0118. The van der Waals surface area contributed by atoms with Gasteiger partial charge in [0.05, 0.1) is 7.11 Å². The second-order valence-corrected chi connectivity index (χ2v) is 10.6. The fraction of sp³-hybridized carbons (Fsp3) is 0.379. The Morgan fingerprint density at radius 1 is 1.00 bits per heavy atom. The third-order valence-corrected chi connectivity index (χ3v) is 6.26. The normalized spacial score (nSPS) is 16.9. The molecule has 35 heavy (non-hydrogen) atoms. The van der Waals surface area contributed by atoms with Crippen molar-refractivity contribution >= 4 is 5.91 Å². The van der Waals surface area contributed by atoms with E-state index in [0.717, 1.165) is 35.3 Å². The molecule has 2 aromatic carbocycles. The lowest BCUT2D eigenvalue weighted by Crippen LogP contribution is -2.62. The number of rotatable bonds is 7. The lowest BCUT2D eigenvalue weighted by molar-refractivity contribution is 0.0873. The number of benzene rings is 2. The molecule has 1 saturated heterocycles. The van der Waals surface area contributed by atoms with Crippen LogP contribution in [0.4, 0.5) is 0 Å². The molecule has 184 valence electrons. The van der Waals surface area contributed by atoms with Gasteiger partial charge in [-0.05, 0) is 82.0 Å². The van der Waals surface area contributed by atoms with E-state index >= 15 is 0 Å². The van der Waals surface area contributed by atoms with Crippen molar-refractivity contribution in [3.63, 3.8) is 0 Å². The van der Waals surface area contributed by atoms with E-state index in [1.165, 1.54) is 0 Å². The second-order valence-electron chi connectivity index (χ2n) is 10.6. The minimum Gasteiger partial charge on any atom is -0.489 e. The summed E-state index contributed by atoms with van der Waals surface area (Å²) < 4.78 is 11.1. The predicted molar refractivity (Wildman–Crippen MR) is 139 cm³/mol. The summed E-state index contributed by atoms with van der Waals surface area (Å²) in [5.74, 6) is 1.33. The van der Waals surface area contributed by atoms with E-state index in [1.54, 1.807) is 13.3 Å². The van der Waals surface area contributed by atoms with Crippen LogP contribution in [0, 0.1) is 0 Å². The zero-order valence-corrected chi connectivity index (χ0v) is 21.2. The topological polar surface area (TPSA) is 72.5 Å². The predicted octanol–water partition coefficient (Wildman–Crippen LogP) is 5.38. The number of nitrogens with zero attached hydrogens (tertiary/aromatic N) is 1. The number of hydrogen-bond acceptors (Lipinski definition) is 5. The van der Waals surface area contributed by atoms with Crippen LogP contribution in [0.15, 0.2) is 66.9 Å². The van der Waals surface area contributed by atoms with Crippen molar-refractivity contribution in [2.75, 3.05) is 7.11 Å². The number of carbonyl (C=O) groups excluding carboxylic acids is 1. The number of aromatic nitrogens is 1. The molecule has 0 atom stereocenters. The summed E-state index contributed by atoms with van der Waals surface area (Å²) >= 11 is 0. The molecule has 3 aromatic rings. The van der Waals surface area contributed by atoms with Gasteiger partial charge in [0.25, 0.3) is 5.91 Å². The zero-order chi connectivity index (χ0) is 25.1. The van der Waals surface area contributed by atoms with Crippen molar-refractivity contribution < 1.29 is 14.3 Å². The molecule has 0 aliphatic carbocycles. The number of carbonyl (C=O) groups is 1. The summed E-state index contributed by atoms with van der Waals surface area (Å²) in [6.45, 7) is 9.16. The van der Waals surface area contributed by atoms with E-state index in [1.807, 2.05) is 60.7 Å². The van der Waals surface area contributed by atoms with Crippen molar-refractivity contribution in [3.05, 3.63) is 78.0 Å². The van der Waals surface area contributed by atoms with Crippen LogP contribution in [0.1, 0.15) is 56.5 Å². The van der Waals surface area contributed by atoms with Crippen LogP contribution in [-0.2, 0) is 6.61 Å². The van der Waals surface area contributed by atoms with E-state index in [0.29, 0.717) is 18.1 Å². The van der Waals surface area contributed by atoms with Crippen LogP contribution in [0.3, 0.4) is 0 Å². The molecular formula is C29H35N3O3. The van der Waals surface area contributed by atoms with E-state index < -0.39 is 0 Å². The van der Waals surface area contributed by atoms with E-state index in [-0.39, 0.29) is 23.0 Å². The highest BCUT2D eigenvalue weighted by atomic mass is 16.5. The van der Waals surface area contributed by atoms with E-state index in [4.69, 9.17) is 9.47 Å². The number of pyridine rings is 1. The smallest absolute Gasteiger partial charge is 0.251 e. The van der Waals surface area contributed by atoms with Crippen molar-refractivity contribution in [2.24, 2.45) is 0 Å². The molecule has 1 aliphatic heterocycles. The highest BCUT2D eigenvalue weighted by Gasteiger charge is 2.38. The first-order valence-corrected chi connectivity index (χ1v) is 12.0. The number of piperidine rings is 1. The summed E-state index contributed by atoms with van der Waals surface area (Å²) in [6, 6.07) is 19.5. The minimum atomic E-state index is -0.0308. The lowest BCUT2D eigenvalue weighted by atomic mass is 9.79. The van der Waals surface area contributed by atoms with Crippen LogP contribution in [0.25, 0.3) is 11.1 Å². The molecule has 0 saturated carbocycles. The lowest BCUT2D eigenvalue weighted by Gasteiger charge is -2.46. The molecule has 0 radical (unpaired) electrons. The molecule has 2 heterocycles. The van der Waals surface area contributed by atoms with Gasteiger partial charge < -0.3 is 20.1 Å². The largest absolute Gasteiger partial charge is 0.489 e. The third-order valence-electron chi connectivity index (χ3n) is 6.26. The molecule has 1 aliphatic rings. The van der Waals surface area contributed by atoms with Crippen LogP contribution >= 0.6 is 0 Å². The summed E-state index contributed by atoms with van der Waals surface area (Å²) in [5, 5.41) is 6.88. The number of hydrogen-bond donors (Lipinski definition) is 2. The van der Waals surface area contributed by atoms with Gasteiger partial charge in [-0.2, -0.15) is 0 Å². The van der Waals surface area contributed by atoms with Crippen molar-refractivity contribution in [3.8, 4) is 22.8 Å². The van der Waals surface area contributed by atoms with Crippen LogP contribution < -0.4 is 20.1 Å². The SMILES string of the molecule is COc1ccc(-c2cccc(OCc3ccc(C(=O)NC4CC(C)(C)NC(C)(C)C4)cc3)c2)cn1. The Hall–Kier alpha value is -3.38. The Kier molecular flexibility index (Phi) is 7.13. The van der Waals surface area contributed by atoms with Crippen LogP contribution in [-0.4, -0.2) is 35.1 Å². The molecule has 2 N–H and O–H groups in total. The molecule has 6 nitrogen and oxygen atoms in total. The first-order valence-electron chi connectivity index (χ1n) is 12.0. The van der Waals surface area contributed by atoms with Gasteiger partial charge in [0, 0.05) is 40.5 Å². The molecule has 1 aromatic heterocycles. The molecule has 6 heteroatoms. The number of ether oxygens (including phenoxy) is 2. The average molecular weight is 474 g/mol. The Morgan fingerprint density at radius 2 is 1.71 bits per heavy atom. The highest BCUT2D eigenvalue weighted by molar-refractivity contribution is 5.94. The summed E-state index contributed by atoms with van der Waals surface area (Å²) in [5.41, 5.74) is 3.66. The average Bonchev–Trinajstić information content (AvgIpc) is 2.81. The molecule has 4 rings (SSSR count). The monoisotopic (exact) mass is 473 g/mol. The number of methoxy groups -OCH3 is 1. The van der Waals surface area contributed by atoms with Gasteiger partial charge >= 0.3 is 0 Å². The van der Waals surface area contributed by atoms with E-state index in [2.05, 4.69) is 43.3 Å². The van der Waals surface area contributed by atoms with Crippen molar-refractivity contribution in [1.82, 2.24) is 15.6 Å². The maximum Gasteiger partial charge on any atom is 0.251 e. The first kappa shape index (κ1) is 24.7. The highest BCUT2D eigenvalue weighted by Crippen LogP contribution is 2.29. The Labute approximate surface area is 208 Å². The maximum atomic E-state index is 12.9. The molecular weight excluding hydrogens is 438 g/mol. The molecule has 1 fully saturated rings. The fourth-order valence-corrected chi connectivity index (χ4v) is 5.05. The van der Waals surface area contributed by atoms with Gasteiger partial charge in [0.15, 0.2) is 0 Å². The Bertz CT molecular complexity index is 1140. The standard InChI is InChI=1S/C29H35N3O3/c1-28(2)16-24(17-29(3,4)32-28)31-27(33)21-11-9-20(10-12-21)19-35-25-8-6-7-22(15-25)23-13-14-26(34-5)30-18-23/h6-15,18,24,32H,16-17,19H2,1-5H3,(H,31,33). The second kappa shape index (κ2) is 10.1. The van der Waals surface area contributed by atoms with Gasteiger partial charge in [0.2, 0.25) is 5.88 Å². The first-order chi connectivity index (χ1) is 16.6.